The van der Waals surface area contributed by atoms with Gasteiger partial charge in [0.2, 0.25) is 14.9 Å². The molecule has 0 atom stereocenters. The molecule has 3 aromatic heterocycles. The van der Waals surface area contributed by atoms with Gasteiger partial charge in [-0.25, -0.2) is 13.4 Å². The zero-order valence-electron chi connectivity index (χ0n) is 16.1. The summed E-state index contributed by atoms with van der Waals surface area (Å²) in [5.74, 6) is 0.627. The van der Waals surface area contributed by atoms with Crippen LogP contribution in [0.5, 0.6) is 0 Å². The Bertz CT molecular complexity index is 1250. The Morgan fingerprint density at radius 3 is 2.76 bits per heavy atom. The van der Waals surface area contributed by atoms with E-state index >= 15 is 0 Å². The highest BCUT2D eigenvalue weighted by Crippen LogP contribution is 2.31. The summed E-state index contributed by atoms with van der Waals surface area (Å²) in [7, 11) is -3.84. The van der Waals surface area contributed by atoms with Crippen molar-refractivity contribution < 1.29 is 13.2 Å². The fourth-order valence-corrected chi connectivity index (χ4v) is 5.04. The largest absolute Gasteiger partial charge is 0.382 e. The fraction of sp³-hybridized carbons (Fsp3) is 0.316. The summed E-state index contributed by atoms with van der Waals surface area (Å²) in [5.41, 5.74) is 1.96. The summed E-state index contributed by atoms with van der Waals surface area (Å²) < 4.78 is 34.0. The number of fused-ring (bicyclic) bond motifs is 3. The standard InChI is InChI=1S/C19H21N5O3S2/c1-3-27-11-4-10-20-17-16-15(9-12-28-16)24-18(21-17)19(22-23-24)29(25,26)14-7-5-13(2)6-8-14/h5-9,12H,3-4,10-11H2,1-2H3,(H,20,21). The molecular formula is C19H21N5O3S2. The molecule has 1 aromatic carbocycles. The average molecular weight is 432 g/mol. The molecule has 0 bridgehead atoms. The second-order valence-corrected chi connectivity index (χ2v) is 9.30. The number of aryl methyl sites for hydroxylation is 1. The molecule has 0 radical (unpaired) electrons. The number of thiophene rings is 1. The van der Waals surface area contributed by atoms with E-state index in [1.54, 1.807) is 24.3 Å². The Morgan fingerprint density at radius 2 is 2.00 bits per heavy atom. The Morgan fingerprint density at radius 1 is 1.21 bits per heavy atom. The molecule has 4 rings (SSSR count). The van der Waals surface area contributed by atoms with E-state index in [-0.39, 0.29) is 15.6 Å². The van der Waals surface area contributed by atoms with Crippen molar-refractivity contribution in [2.24, 2.45) is 0 Å². The number of rotatable bonds is 8. The molecule has 29 heavy (non-hydrogen) atoms. The predicted octanol–water partition coefficient (Wildman–Crippen LogP) is 3.32. The van der Waals surface area contributed by atoms with Crippen LogP contribution < -0.4 is 5.32 Å². The van der Waals surface area contributed by atoms with Crippen LogP contribution in [0.15, 0.2) is 45.6 Å². The third kappa shape index (κ3) is 3.70. The molecule has 1 N–H and O–H groups in total. The van der Waals surface area contributed by atoms with Gasteiger partial charge in [0, 0.05) is 19.8 Å². The molecular weight excluding hydrogens is 410 g/mol. The number of anilines is 1. The molecule has 0 amide bonds. The normalized spacial score (nSPS) is 12.1. The number of benzene rings is 1. The maximum atomic E-state index is 13.1. The van der Waals surface area contributed by atoms with Crippen molar-refractivity contribution >= 4 is 42.9 Å². The number of ether oxygens (including phenoxy) is 1. The van der Waals surface area contributed by atoms with Crippen molar-refractivity contribution in [3.63, 3.8) is 0 Å². The smallest absolute Gasteiger partial charge is 0.229 e. The Labute approximate surface area is 172 Å². The first-order valence-electron chi connectivity index (χ1n) is 9.28. The van der Waals surface area contributed by atoms with Crippen LogP contribution in [0, 0.1) is 6.92 Å². The highest BCUT2D eigenvalue weighted by atomic mass is 32.2. The molecule has 0 aliphatic carbocycles. The third-order valence-electron chi connectivity index (χ3n) is 4.47. The highest BCUT2D eigenvalue weighted by Gasteiger charge is 2.27. The Balaban J connectivity index is 1.77. The van der Waals surface area contributed by atoms with Gasteiger partial charge < -0.3 is 10.1 Å². The van der Waals surface area contributed by atoms with Gasteiger partial charge in [-0.3, -0.25) is 0 Å². The van der Waals surface area contributed by atoms with Gasteiger partial charge >= 0.3 is 0 Å². The van der Waals surface area contributed by atoms with Crippen molar-refractivity contribution in [1.82, 2.24) is 19.8 Å². The molecule has 8 nitrogen and oxygen atoms in total. The SMILES string of the molecule is CCOCCCNc1nc2c(S(=O)(=O)c3ccc(C)cc3)nnn2c2ccsc12. The van der Waals surface area contributed by atoms with Crippen molar-refractivity contribution in [1.29, 1.82) is 0 Å². The van der Waals surface area contributed by atoms with Gasteiger partial charge in [-0.15, -0.1) is 16.4 Å². The number of nitrogens with zero attached hydrogens (tertiary/aromatic N) is 4. The summed E-state index contributed by atoms with van der Waals surface area (Å²) in [6.07, 6.45) is 0.819. The molecule has 0 saturated heterocycles. The molecule has 0 fully saturated rings. The average Bonchev–Trinajstić information content (AvgIpc) is 3.35. The minimum Gasteiger partial charge on any atom is -0.382 e. The first-order valence-corrected chi connectivity index (χ1v) is 11.6. The van der Waals surface area contributed by atoms with Crippen LogP contribution in [0.4, 0.5) is 5.82 Å². The fourth-order valence-electron chi connectivity index (χ4n) is 2.97. The zero-order chi connectivity index (χ0) is 20.4. The lowest BCUT2D eigenvalue weighted by Gasteiger charge is -2.08. The maximum absolute atomic E-state index is 13.1. The van der Waals surface area contributed by atoms with Crippen LogP contribution in [-0.4, -0.2) is 48.0 Å². The molecule has 0 spiro atoms. The molecule has 0 unspecified atom stereocenters. The predicted molar refractivity (Wildman–Crippen MR) is 112 cm³/mol. The summed E-state index contributed by atoms with van der Waals surface area (Å²) in [6, 6.07) is 8.55. The van der Waals surface area contributed by atoms with Crippen molar-refractivity contribution in [2.45, 2.75) is 30.2 Å². The van der Waals surface area contributed by atoms with Gasteiger partial charge in [0.15, 0.2) is 5.65 Å². The van der Waals surface area contributed by atoms with E-state index in [1.165, 1.54) is 15.9 Å². The van der Waals surface area contributed by atoms with E-state index in [0.717, 1.165) is 22.2 Å². The number of sulfone groups is 1. The lowest BCUT2D eigenvalue weighted by molar-refractivity contribution is 0.147. The van der Waals surface area contributed by atoms with E-state index in [9.17, 15) is 8.42 Å². The molecule has 10 heteroatoms. The lowest BCUT2D eigenvalue weighted by Crippen LogP contribution is -2.09. The van der Waals surface area contributed by atoms with E-state index in [1.807, 2.05) is 25.3 Å². The summed E-state index contributed by atoms with van der Waals surface area (Å²) in [6.45, 7) is 5.86. The van der Waals surface area contributed by atoms with Crippen molar-refractivity contribution in [3.8, 4) is 0 Å². The van der Waals surface area contributed by atoms with E-state index in [2.05, 4.69) is 20.6 Å². The summed E-state index contributed by atoms with van der Waals surface area (Å²) in [4.78, 5) is 4.75. The van der Waals surface area contributed by atoms with E-state index in [4.69, 9.17) is 4.74 Å². The topological polar surface area (TPSA) is 98.5 Å². The van der Waals surface area contributed by atoms with Crippen LogP contribution in [0.1, 0.15) is 18.9 Å². The molecule has 3 heterocycles. The van der Waals surface area contributed by atoms with Crippen LogP contribution >= 0.6 is 11.3 Å². The first-order chi connectivity index (χ1) is 14.0. The minimum absolute atomic E-state index is 0.146. The second-order valence-electron chi connectivity index (χ2n) is 6.52. The van der Waals surface area contributed by atoms with Gasteiger partial charge in [-0.2, -0.15) is 4.52 Å². The second kappa shape index (κ2) is 8.05. The number of nitrogens with one attached hydrogen (secondary N) is 1. The number of hydrogen-bond donors (Lipinski definition) is 1. The van der Waals surface area contributed by atoms with Crippen LogP contribution in [0.2, 0.25) is 0 Å². The van der Waals surface area contributed by atoms with Gasteiger partial charge in [0.1, 0.15) is 5.82 Å². The molecule has 0 aliphatic heterocycles. The van der Waals surface area contributed by atoms with E-state index < -0.39 is 9.84 Å². The van der Waals surface area contributed by atoms with Gasteiger partial charge in [-0.1, -0.05) is 22.9 Å². The molecule has 0 aliphatic rings. The van der Waals surface area contributed by atoms with Crippen LogP contribution in [0.25, 0.3) is 15.9 Å². The van der Waals surface area contributed by atoms with Crippen LogP contribution in [0.3, 0.4) is 0 Å². The zero-order valence-corrected chi connectivity index (χ0v) is 17.8. The molecule has 0 saturated carbocycles. The summed E-state index contributed by atoms with van der Waals surface area (Å²) in [5, 5.41) is 13.1. The first kappa shape index (κ1) is 19.7. The molecule has 152 valence electrons. The Hall–Kier alpha value is -2.56. The monoisotopic (exact) mass is 431 g/mol. The highest BCUT2D eigenvalue weighted by molar-refractivity contribution is 7.91. The van der Waals surface area contributed by atoms with Crippen LogP contribution in [-0.2, 0) is 14.6 Å². The number of hydrogen-bond acceptors (Lipinski definition) is 8. The summed E-state index contributed by atoms with van der Waals surface area (Å²) >= 11 is 1.52. The lowest BCUT2D eigenvalue weighted by atomic mass is 10.2. The third-order valence-corrected chi connectivity index (χ3v) is 7.05. The Kier molecular flexibility index (Phi) is 5.48. The molecule has 4 aromatic rings. The number of aromatic nitrogens is 4. The van der Waals surface area contributed by atoms with Gasteiger partial charge in [0.25, 0.3) is 0 Å². The minimum atomic E-state index is -3.84. The van der Waals surface area contributed by atoms with Gasteiger partial charge in [-0.05, 0) is 43.8 Å². The van der Waals surface area contributed by atoms with E-state index in [0.29, 0.717) is 25.6 Å². The maximum Gasteiger partial charge on any atom is 0.229 e. The van der Waals surface area contributed by atoms with Crippen molar-refractivity contribution in [2.75, 3.05) is 25.1 Å². The van der Waals surface area contributed by atoms with Gasteiger partial charge in [0.05, 0.1) is 15.1 Å². The van der Waals surface area contributed by atoms with Crippen molar-refractivity contribution in [3.05, 3.63) is 41.3 Å². The quantitative estimate of drug-likeness (QED) is 0.427.